The van der Waals surface area contributed by atoms with Gasteiger partial charge in [-0.15, -0.1) is 0 Å². The van der Waals surface area contributed by atoms with Gasteiger partial charge in [0.15, 0.2) is 0 Å². The molecule has 0 aliphatic carbocycles. The summed E-state index contributed by atoms with van der Waals surface area (Å²) < 4.78 is 21.8. The minimum Gasteiger partial charge on any atom is -0.760 e. The van der Waals surface area contributed by atoms with Gasteiger partial charge in [0.05, 0.1) is 0 Å². The van der Waals surface area contributed by atoms with E-state index in [4.69, 9.17) is 0 Å². The van der Waals surface area contributed by atoms with Crippen molar-refractivity contribution in [3.8, 4) is 0 Å². The Balaban J connectivity index is 2.82. The fourth-order valence-electron chi connectivity index (χ4n) is 0.332. The molecule has 0 aliphatic heterocycles. The zero-order chi connectivity index (χ0) is 6.41. The molecule has 4 heteroatoms. The van der Waals surface area contributed by atoms with Gasteiger partial charge in [0.25, 0.3) is 0 Å². The van der Waals surface area contributed by atoms with E-state index < -0.39 is 11.3 Å². The highest BCUT2D eigenvalue weighted by atomic mass is 32.2. The van der Waals surface area contributed by atoms with Gasteiger partial charge in [0, 0.05) is 17.8 Å². The second kappa shape index (κ2) is 5.21. The molecule has 0 aromatic rings. The monoisotopic (exact) mass is 136 g/mol. The minimum absolute atomic E-state index is 0.562. The molecule has 0 saturated heterocycles. The number of hydrogen-bond donors (Lipinski definition) is 1. The van der Waals surface area contributed by atoms with Crippen LogP contribution in [-0.2, 0) is 11.3 Å². The Morgan fingerprint density at radius 3 is 2.75 bits per heavy atom. The van der Waals surface area contributed by atoms with Crippen LogP contribution in [0.1, 0.15) is 19.8 Å². The topological polar surface area (TPSA) is 52.2 Å². The second-order valence-corrected chi connectivity index (χ2v) is 2.24. The normalized spacial score (nSPS) is 13.8. The predicted molar refractivity (Wildman–Crippen MR) is 31.8 cm³/mol. The summed E-state index contributed by atoms with van der Waals surface area (Å²) in [6.07, 6.45) is 1.93. The lowest BCUT2D eigenvalue weighted by atomic mass is 10.3. The molecule has 0 spiro atoms. The van der Waals surface area contributed by atoms with Gasteiger partial charge in [0.2, 0.25) is 0 Å². The molecule has 50 valence electrons. The first-order valence-corrected chi connectivity index (χ1v) is 3.67. The molecule has 0 heterocycles. The Hall–Kier alpha value is 0.0700. The third-order valence-electron chi connectivity index (χ3n) is 0.750. The highest BCUT2D eigenvalue weighted by Crippen LogP contribution is 1.81. The third kappa shape index (κ3) is 6.07. The van der Waals surface area contributed by atoms with E-state index in [0.29, 0.717) is 6.54 Å². The fourth-order valence-corrected chi connectivity index (χ4v) is 0.643. The van der Waals surface area contributed by atoms with Crippen LogP contribution in [0, 0.1) is 0 Å². The van der Waals surface area contributed by atoms with Crippen molar-refractivity contribution in [2.75, 3.05) is 6.54 Å². The van der Waals surface area contributed by atoms with Crippen LogP contribution in [0.25, 0.3) is 0 Å². The lowest BCUT2D eigenvalue weighted by Crippen LogP contribution is -2.17. The van der Waals surface area contributed by atoms with E-state index in [1.807, 2.05) is 6.92 Å². The average Bonchev–Trinajstić information content (AvgIpc) is 1.66. The van der Waals surface area contributed by atoms with Gasteiger partial charge >= 0.3 is 0 Å². The molecular formula is C4H10NO2S-. The maximum atomic E-state index is 9.76. The highest BCUT2D eigenvalue weighted by Gasteiger charge is 1.80. The summed E-state index contributed by atoms with van der Waals surface area (Å²) in [5.74, 6) is 0. The molecule has 1 unspecified atom stereocenters. The molecule has 3 nitrogen and oxygen atoms in total. The van der Waals surface area contributed by atoms with E-state index in [1.165, 1.54) is 0 Å². The molecule has 0 aromatic carbocycles. The minimum atomic E-state index is -2.07. The first-order chi connectivity index (χ1) is 3.77. The predicted octanol–water partition coefficient (Wildman–Crippen LogP) is 0.170. The summed E-state index contributed by atoms with van der Waals surface area (Å²) in [6, 6.07) is 0. The Bertz CT molecular complexity index is 76.4. The maximum Gasteiger partial charge on any atom is 0.0181 e. The molecule has 1 atom stereocenters. The SMILES string of the molecule is CCCCNS(=O)[O-]. The molecule has 1 N–H and O–H groups in total. The molecule has 0 aliphatic rings. The molecule has 0 aromatic heterocycles. The van der Waals surface area contributed by atoms with Gasteiger partial charge in [0.1, 0.15) is 0 Å². The molecule has 0 radical (unpaired) electrons. The van der Waals surface area contributed by atoms with E-state index in [9.17, 15) is 8.76 Å². The lowest BCUT2D eigenvalue weighted by molar-refractivity contribution is 0.521. The molecular weight excluding hydrogens is 126 g/mol. The van der Waals surface area contributed by atoms with E-state index in [2.05, 4.69) is 4.72 Å². The third-order valence-corrected chi connectivity index (χ3v) is 1.19. The van der Waals surface area contributed by atoms with Crippen molar-refractivity contribution in [3.63, 3.8) is 0 Å². The van der Waals surface area contributed by atoms with E-state index >= 15 is 0 Å². The van der Waals surface area contributed by atoms with Crippen LogP contribution in [-0.4, -0.2) is 15.3 Å². The Kier molecular flexibility index (Phi) is 5.26. The van der Waals surface area contributed by atoms with Crippen molar-refractivity contribution in [2.24, 2.45) is 0 Å². The summed E-state index contributed by atoms with van der Waals surface area (Å²) >= 11 is -2.07. The fraction of sp³-hybridized carbons (Fsp3) is 1.00. The molecule has 0 saturated carbocycles. The molecule has 0 rings (SSSR count). The van der Waals surface area contributed by atoms with Gasteiger partial charge in [-0.05, 0) is 6.42 Å². The standard InChI is InChI=1S/C4H11NO2S/c1-2-3-4-5-8(6)7/h5H,2-4H2,1H3,(H,6,7)/p-1. The summed E-state index contributed by atoms with van der Waals surface area (Å²) in [5, 5.41) is 0. The number of unbranched alkanes of at least 4 members (excludes halogenated alkanes) is 1. The van der Waals surface area contributed by atoms with Gasteiger partial charge in [-0.25, -0.2) is 4.72 Å². The second-order valence-electron chi connectivity index (χ2n) is 1.48. The zero-order valence-electron chi connectivity index (χ0n) is 4.85. The van der Waals surface area contributed by atoms with Gasteiger partial charge in [-0.1, -0.05) is 13.3 Å². The number of hydrogen-bond acceptors (Lipinski definition) is 2. The zero-order valence-corrected chi connectivity index (χ0v) is 5.66. The molecule has 8 heavy (non-hydrogen) atoms. The summed E-state index contributed by atoms with van der Waals surface area (Å²) in [7, 11) is 0. The van der Waals surface area contributed by atoms with Crippen molar-refractivity contribution in [1.82, 2.24) is 4.72 Å². The van der Waals surface area contributed by atoms with E-state index in [0.717, 1.165) is 12.8 Å². The molecule has 0 fully saturated rings. The van der Waals surface area contributed by atoms with Crippen LogP contribution >= 0.6 is 0 Å². The average molecular weight is 136 g/mol. The van der Waals surface area contributed by atoms with Crippen molar-refractivity contribution in [2.45, 2.75) is 19.8 Å². The summed E-state index contributed by atoms with van der Waals surface area (Å²) in [6.45, 7) is 2.57. The maximum absolute atomic E-state index is 9.76. The van der Waals surface area contributed by atoms with Crippen molar-refractivity contribution >= 4 is 11.3 Å². The van der Waals surface area contributed by atoms with Crippen molar-refractivity contribution in [1.29, 1.82) is 0 Å². The summed E-state index contributed by atoms with van der Waals surface area (Å²) in [4.78, 5) is 0. The smallest absolute Gasteiger partial charge is 0.0181 e. The number of rotatable bonds is 4. The van der Waals surface area contributed by atoms with Crippen LogP contribution in [0.3, 0.4) is 0 Å². The molecule has 0 bridgehead atoms. The van der Waals surface area contributed by atoms with Crippen LogP contribution in [0.15, 0.2) is 0 Å². The first kappa shape index (κ1) is 8.07. The van der Waals surface area contributed by atoms with Gasteiger partial charge in [-0.3, -0.25) is 4.21 Å². The Labute approximate surface area is 51.9 Å². The molecule has 0 amide bonds. The largest absolute Gasteiger partial charge is 0.760 e. The highest BCUT2D eigenvalue weighted by molar-refractivity contribution is 7.77. The van der Waals surface area contributed by atoms with Crippen LogP contribution in [0.5, 0.6) is 0 Å². The summed E-state index contributed by atoms with van der Waals surface area (Å²) in [5.41, 5.74) is 0. The van der Waals surface area contributed by atoms with Crippen LogP contribution in [0.2, 0.25) is 0 Å². The van der Waals surface area contributed by atoms with Gasteiger partial charge in [-0.2, -0.15) is 0 Å². The van der Waals surface area contributed by atoms with Crippen LogP contribution in [0.4, 0.5) is 0 Å². The lowest BCUT2D eigenvalue weighted by Gasteiger charge is -2.04. The Morgan fingerprint density at radius 1 is 1.75 bits per heavy atom. The van der Waals surface area contributed by atoms with Crippen molar-refractivity contribution < 1.29 is 8.76 Å². The quantitative estimate of drug-likeness (QED) is 0.442. The van der Waals surface area contributed by atoms with Gasteiger partial charge < -0.3 is 4.55 Å². The van der Waals surface area contributed by atoms with Crippen molar-refractivity contribution in [3.05, 3.63) is 0 Å². The number of nitrogens with one attached hydrogen (secondary N) is 1. The van der Waals surface area contributed by atoms with Crippen LogP contribution < -0.4 is 4.72 Å². The Morgan fingerprint density at radius 2 is 2.38 bits per heavy atom. The van der Waals surface area contributed by atoms with E-state index in [-0.39, 0.29) is 0 Å². The van der Waals surface area contributed by atoms with E-state index in [1.54, 1.807) is 0 Å². The first-order valence-electron chi connectivity index (χ1n) is 2.60.